The van der Waals surface area contributed by atoms with Gasteiger partial charge in [0.2, 0.25) is 0 Å². The molecule has 0 amide bonds. The molecule has 8 nitrogen and oxygen atoms in total. The molecule has 4 aliphatic heterocycles. The molecule has 6 aliphatic rings. The lowest BCUT2D eigenvalue weighted by atomic mass is 9.75. The Morgan fingerprint density at radius 1 is 0.727 bits per heavy atom. The van der Waals surface area contributed by atoms with Crippen molar-refractivity contribution < 1.29 is 38.1 Å². The Bertz CT molecular complexity index is 1600. The van der Waals surface area contributed by atoms with E-state index in [1.165, 1.54) is 0 Å². The maximum atomic E-state index is 13.0. The second-order valence-electron chi connectivity index (χ2n) is 12.1. The van der Waals surface area contributed by atoms with Gasteiger partial charge in [-0.05, 0) is 30.7 Å². The van der Waals surface area contributed by atoms with Gasteiger partial charge in [-0.1, -0.05) is 62.2 Å². The average molecular weight is 726 g/mol. The summed E-state index contributed by atoms with van der Waals surface area (Å²) in [6.07, 6.45) is 5.65. The summed E-state index contributed by atoms with van der Waals surface area (Å²) in [6, 6.07) is 10.8. The van der Waals surface area contributed by atoms with Crippen molar-refractivity contribution in [3.8, 4) is 11.5 Å². The predicted molar refractivity (Wildman–Crippen MR) is 166 cm³/mol. The zero-order valence-corrected chi connectivity index (χ0v) is 27.2. The topological polar surface area (TPSA) is 105 Å². The molecule has 2 aliphatic carbocycles. The Morgan fingerprint density at radius 3 is 1.68 bits per heavy atom. The number of hydrogen-bond donors (Lipinski definition) is 0. The maximum absolute atomic E-state index is 13.0. The molecule has 0 spiro atoms. The summed E-state index contributed by atoms with van der Waals surface area (Å²) in [5.74, 6) is -1.57. The molecule has 228 valence electrons. The van der Waals surface area contributed by atoms with Crippen LogP contribution >= 0.6 is 31.9 Å². The number of halogens is 2. The van der Waals surface area contributed by atoms with Gasteiger partial charge in [-0.2, -0.15) is 0 Å². The van der Waals surface area contributed by atoms with E-state index < -0.39 is 11.8 Å². The summed E-state index contributed by atoms with van der Waals surface area (Å²) in [4.78, 5) is 51.4. The van der Waals surface area contributed by atoms with E-state index >= 15 is 0 Å². The van der Waals surface area contributed by atoms with Crippen LogP contribution in [0.1, 0.15) is 29.4 Å². The first-order valence-corrected chi connectivity index (χ1v) is 16.2. The Kier molecular flexibility index (Phi) is 7.55. The third kappa shape index (κ3) is 4.35. The average Bonchev–Trinajstić information content (AvgIpc) is 3.86. The minimum absolute atomic E-state index is 0.0179. The Morgan fingerprint density at radius 2 is 1.20 bits per heavy atom. The number of Topliss-reactive ketones (excluding diaryl/α,β-unsaturated/α-hetero) is 4. The van der Waals surface area contributed by atoms with Crippen molar-refractivity contribution in [1.29, 1.82) is 0 Å². The van der Waals surface area contributed by atoms with Crippen LogP contribution in [0.5, 0.6) is 11.5 Å². The fourth-order valence-electron chi connectivity index (χ4n) is 8.20. The largest absolute Gasteiger partial charge is 0.496 e. The summed E-state index contributed by atoms with van der Waals surface area (Å²) >= 11 is 6.76. The van der Waals surface area contributed by atoms with Gasteiger partial charge in [0.15, 0.2) is 23.1 Å². The highest BCUT2D eigenvalue weighted by atomic mass is 79.9. The molecule has 2 saturated carbocycles. The first kappa shape index (κ1) is 29.8. The summed E-state index contributed by atoms with van der Waals surface area (Å²) in [7, 11) is 3.10. The second kappa shape index (κ2) is 11.2. The molecule has 44 heavy (non-hydrogen) atoms. The van der Waals surface area contributed by atoms with Crippen molar-refractivity contribution in [3.05, 3.63) is 81.3 Å². The lowest BCUT2D eigenvalue weighted by molar-refractivity contribution is -0.129. The Balaban J connectivity index is 0.000000143. The molecule has 4 heterocycles. The van der Waals surface area contributed by atoms with Crippen molar-refractivity contribution in [2.24, 2.45) is 29.6 Å². The van der Waals surface area contributed by atoms with Gasteiger partial charge in [0, 0.05) is 26.0 Å². The number of ketones is 4. The number of benzene rings is 2. The van der Waals surface area contributed by atoms with E-state index in [0.717, 1.165) is 15.4 Å². The standard InChI is InChI=1S/C18H17BrO4.C16H13BrO4/c1-3-8-6-12-14-15(18(8)23-12)17(21)13(16(14)20)10-5-4-9(19)7-11(10)22-2;1-20-11-6-7(17)2-3-8(11)12-15(18)13-9-4-5-10(21-9)14(13)16(12)19/h3-5,7-8,12-15,18H,1,6H2,2H3;2-6,9-10,12-14H,1H3/t8-,12+,13?,14+,15-,18-;9-,10+,12?,13-,14+/m1./s1. The van der Waals surface area contributed by atoms with E-state index in [0.29, 0.717) is 22.6 Å². The van der Waals surface area contributed by atoms with Crippen molar-refractivity contribution in [2.45, 2.75) is 42.7 Å². The van der Waals surface area contributed by atoms with E-state index in [-0.39, 0.29) is 77.1 Å². The number of carbonyl (C=O) groups excluding carboxylic acids is 4. The summed E-state index contributed by atoms with van der Waals surface area (Å²) in [5.41, 5.74) is 1.32. The van der Waals surface area contributed by atoms with E-state index in [1.807, 2.05) is 30.4 Å². The fourth-order valence-corrected chi connectivity index (χ4v) is 8.88. The van der Waals surface area contributed by atoms with Crippen LogP contribution in [-0.4, -0.2) is 61.8 Å². The van der Waals surface area contributed by atoms with Gasteiger partial charge in [-0.3, -0.25) is 19.2 Å². The lowest BCUT2D eigenvalue weighted by Crippen LogP contribution is -2.34. The number of hydrogen-bond acceptors (Lipinski definition) is 8. The van der Waals surface area contributed by atoms with Crippen LogP contribution in [0, 0.1) is 29.6 Å². The normalized spacial score (nSPS) is 37.2. The highest BCUT2D eigenvalue weighted by Crippen LogP contribution is 2.55. The molecule has 10 heteroatoms. The molecule has 2 unspecified atom stereocenters. The number of fused-ring (bicyclic) bond motifs is 10. The van der Waals surface area contributed by atoms with Gasteiger partial charge in [-0.15, -0.1) is 6.58 Å². The van der Waals surface area contributed by atoms with Crippen LogP contribution < -0.4 is 9.47 Å². The highest BCUT2D eigenvalue weighted by Gasteiger charge is 2.65. The SMILES string of the molecule is C=C[C@@H]1C[C@@H]2O[C@H]1[C@H]1C(=O)C(c3ccc(Br)cc3OC)C(=O)[C@H]12.COc1cc(Br)ccc1C1C(=O)[C@@H]2[C@H](C1=O)[C@H]1C=C[C@@H]2O1. The Hall–Kier alpha value is -2.92. The minimum Gasteiger partial charge on any atom is -0.496 e. The van der Waals surface area contributed by atoms with Crippen molar-refractivity contribution >= 4 is 55.0 Å². The van der Waals surface area contributed by atoms with Crippen LogP contribution in [0.4, 0.5) is 0 Å². The van der Waals surface area contributed by atoms with Crippen molar-refractivity contribution in [2.75, 3.05) is 14.2 Å². The lowest BCUT2D eigenvalue weighted by Gasteiger charge is -2.23. The molecule has 2 aromatic rings. The summed E-state index contributed by atoms with van der Waals surface area (Å²) in [5, 5.41) is 0. The molecule has 0 N–H and O–H groups in total. The van der Waals surface area contributed by atoms with Gasteiger partial charge in [0.05, 0.1) is 62.3 Å². The van der Waals surface area contributed by atoms with Gasteiger partial charge in [0.1, 0.15) is 23.3 Å². The van der Waals surface area contributed by atoms with E-state index in [1.54, 1.807) is 38.5 Å². The monoisotopic (exact) mass is 724 g/mol. The molecule has 0 aromatic heterocycles. The minimum atomic E-state index is -0.731. The fraction of sp³-hybridized carbons (Fsp3) is 0.412. The zero-order chi connectivity index (χ0) is 31.0. The van der Waals surface area contributed by atoms with Gasteiger partial charge >= 0.3 is 0 Å². The van der Waals surface area contributed by atoms with Crippen LogP contribution in [0.25, 0.3) is 0 Å². The number of rotatable bonds is 5. The molecule has 2 aromatic carbocycles. The molecule has 0 radical (unpaired) electrons. The molecule has 3 saturated heterocycles. The predicted octanol–water partition coefficient (Wildman–Crippen LogP) is 5.16. The molecule has 5 fully saturated rings. The van der Waals surface area contributed by atoms with E-state index in [2.05, 4.69) is 38.4 Å². The maximum Gasteiger partial charge on any atom is 0.154 e. The molecule has 4 bridgehead atoms. The molecular formula is C34H30Br2O8. The van der Waals surface area contributed by atoms with E-state index in [9.17, 15) is 19.2 Å². The quantitative estimate of drug-likeness (QED) is 0.308. The molecular weight excluding hydrogens is 696 g/mol. The van der Waals surface area contributed by atoms with Crippen molar-refractivity contribution in [3.63, 3.8) is 0 Å². The number of ether oxygens (including phenoxy) is 4. The zero-order valence-electron chi connectivity index (χ0n) is 24.0. The highest BCUT2D eigenvalue weighted by molar-refractivity contribution is 9.10. The van der Waals surface area contributed by atoms with Gasteiger partial charge in [0.25, 0.3) is 0 Å². The molecule has 8 rings (SSSR count). The van der Waals surface area contributed by atoms with Crippen molar-refractivity contribution in [1.82, 2.24) is 0 Å². The van der Waals surface area contributed by atoms with E-state index in [4.69, 9.17) is 18.9 Å². The smallest absolute Gasteiger partial charge is 0.154 e. The van der Waals surface area contributed by atoms with Crippen LogP contribution in [-0.2, 0) is 28.7 Å². The summed E-state index contributed by atoms with van der Waals surface area (Å²) in [6.45, 7) is 3.83. The third-order valence-corrected chi connectivity index (χ3v) is 11.1. The van der Waals surface area contributed by atoms with Gasteiger partial charge in [-0.25, -0.2) is 0 Å². The number of carbonyl (C=O) groups is 4. The molecule has 11 atom stereocenters. The summed E-state index contributed by atoms with van der Waals surface area (Å²) < 4.78 is 24.0. The Labute approximate surface area is 271 Å². The first-order valence-electron chi connectivity index (χ1n) is 14.6. The van der Waals surface area contributed by atoms with Crippen LogP contribution in [0.15, 0.2) is 70.2 Å². The third-order valence-electron chi connectivity index (χ3n) is 10.1. The first-order chi connectivity index (χ1) is 21.2. The van der Waals surface area contributed by atoms with Crippen LogP contribution in [0.2, 0.25) is 0 Å². The van der Waals surface area contributed by atoms with Crippen LogP contribution in [0.3, 0.4) is 0 Å². The second-order valence-corrected chi connectivity index (χ2v) is 13.9. The number of methoxy groups -OCH3 is 2. The van der Waals surface area contributed by atoms with Gasteiger partial charge < -0.3 is 18.9 Å².